The summed E-state index contributed by atoms with van der Waals surface area (Å²) in [5, 5.41) is 5.23. The van der Waals surface area contributed by atoms with Crippen molar-refractivity contribution in [1.82, 2.24) is 15.0 Å². The molecule has 0 saturated heterocycles. The average molecular weight is 339 g/mol. The van der Waals surface area contributed by atoms with E-state index in [2.05, 4.69) is 26.7 Å². The molecule has 3 rings (SSSR count). The number of allylic oxidation sites excluding steroid dienone is 1. The van der Waals surface area contributed by atoms with E-state index in [-0.39, 0.29) is 10.7 Å². The Labute approximate surface area is 144 Å². The minimum atomic E-state index is -0.404. The Balaban J connectivity index is 1.82. The summed E-state index contributed by atoms with van der Waals surface area (Å²) in [6.07, 6.45) is 6.94. The summed E-state index contributed by atoms with van der Waals surface area (Å²) in [6, 6.07) is 11.2. The maximum Gasteiger partial charge on any atom is 0.274 e. The molecule has 2 heterocycles. The molecular weight excluding hydrogens is 324 g/mol. The highest BCUT2D eigenvalue weighted by Gasteiger charge is 2.10. The highest BCUT2D eigenvalue weighted by molar-refractivity contribution is 6.32. The number of carbonyl (C=O) groups is 1. The highest BCUT2D eigenvalue weighted by atomic mass is 35.5. The fraction of sp³-hybridized carbons (Fsp3) is 0.0556. The number of amides is 1. The van der Waals surface area contributed by atoms with E-state index in [4.69, 9.17) is 11.6 Å². The predicted octanol–water partition coefficient (Wildman–Crippen LogP) is 3.64. The number of pyridine rings is 1. The molecule has 1 amide bonds. The van der Waals surface area contributed by atoms with E-state index in [1.165, 1.54) is 6.20 Å². The largest absolute Gasteiger partial charge is 0.343 e. The Morgan fingerprint density at radius 3 is 2.96 bits per heavy atom. The van der Waals surface area contributed by atoms with Gasteiger partial charge in [-0.1, -0.05) is 35.9 Å². The molecule has 120 valence electrons. The quantitative estimate of drug-likeness (QED) is 0.334. The van der Waals surface area contributed by atoms with Gasteiger partial charge >= 0.3 is 0 Å². The zero-order valence-electron chi connectivity index (χ0n) is 12.8. The van der Waals surface area contributed by atoms with E-state index in [0.717, 1.165) is 16.5 Å². The molecule has 0 aliphatic rings. The number of hydrazone groups is 1. The van der Waals surface area contributed by atoms with Crippen LogP contribution in [-0.2, 0) is 6.54 Å². The zero-order valence-corrected chi connectivity index (χ0v) is 13.6. The second-order valence-electron chi connectivity index (χ2n) is 5.08. The number of nitrogens with one attached hydrogen (secondary N) is 1. The third-order valence-corrected chi connectivity index (χ3v) is 3.82. The van der Waals surface area contributed by atoms with Crippen LogP contribution in [0.2, 0.25) is 5.15 Å². The minimum absolute atomic E-state index is 0.146. The lowest BCUT2D eigenvalue weighted by Gasteiger charge is -2.00. The van der Waals surface area contributed by atoms with Crippen molar-refractivity contribution in [3.63, 3.8) is 0 Å². The van der Waals surface area contributed by atoms with Crippen molar-refractivity contribution in [1.29, 1.82) is 0 Å². The lowest BCUT2D eigenvalue weighted by molar-refractivity contribution is 0.0955. The molecule has 3 aromatic rings. The van der Waals surface area contributed by atoms with Crippen molar-refractivity contribution in [2.45, 2.75) is 6.54 Å². The molecule has 24 heavy (non-hydrogen) atoms. The van der Waals surface area contributed by atoms with Crippen LogP contribution in [0.25, 0.3) is 10.9 Å². The molecule has 1 aromatic carbocycles. The Hall–Kier alpha value is -2.92. The minimum Gasteiger partial charge on any atom is -0.343 e. The molecule has 0 fully saturated rings. The summed E-state index contributed by atoms with van der Waals surface area (Å²) in [4.78, 5) is 15.9. The smallest absolute Gasteiger partial charge is 0.274 e. The Morgan fingerprint density at radius 1 is 1.33 bits per heavy atom. The Morgan fingerprint density at radius 2 is 2.17 bits per heavy atom. The first-order valence-corrected chi connectivity index (χ1v) is 7.71. The number of hydrogen-bond acceptors (Lipinski definition) is 3. The molecule has 5 nitrogen and oxygen atoms in total. The van der Waals surface area contributed by atoms with Crippen LogP contribution in [0.15, 0.2) is 66.5 Å². The van der Waals surface area contributed by atoms with E-state index in [0.29, 0.717) is 6.54 Å². The summed E-state index contributed by atoms with van der Waals surface area (Å²) in [7, 11) is 0. The van der Waals surface area contributed by atoms with Gasteiger partial charge in [-0.15, -0.1) is 6.58 Å². The van der Waals surface area contributed by atoms with Crippen molar-refractivity contribution in [2.75, 3.05) is 0 Å². The van der Waals surface area contributed by atoms with Crippen molar-refractivity contribution in [3.05, 3.63) is 77.7 Å². The van der Waals surface area contributed by atoms with Crippen LogP contribution in [0.3, 0.4) is 0 Å². The topological polar surface area (TPSA) is 59.3 Å². The van der Waals surface area contributed by atoms with Gasteiger partial charge in [0, 0.05) is 35.4 Å². The van der Waals surface area contributed by atoms with Crippen LogP contribution >= 0.6 is 11.6 Å². The van der Waals surface area contributed by atoms with Crippen molar-refractivity contribution >= 4 is 34.6 Å². The molecule has 0 aliphatic carbocycles. The lowest BCUT2D eigenvalue weighted by atomic mass is 10.2. The normalized spacial score (nSPS) is 11.0. The van der Waals surface area contributed by atoms with Crippen LogP contribution in [0.4, 0.5) is 0 Å². The Kier molecular flexibility index (Phi) is 4.72. The number of hydrogen-bond donors (Lipinski definition) is 1. The summed E-state index contributed by atoms with van der Waals surface area (Å²) in [5.41, 5.74) is 4.74. The number of nitrogens with zero attached hydrogens (tertiary/aromatic N) is 3. The van der Waals surface area contributed by atoms with Gasteiger partial charge in [-0.25, -0.2) is 10.4 Å². The number of halogens is 1. The summed E-state index contributed by atoms with van der Waals surface area (Å²) >= 11 is 5.89. The van der Waals surface area contributed by atoms with Gasteiger partial charge in [0.2, 0.25) is 0 Å². The van der Waals surface area contributed by atoms with Gasteiger partial charge in [0.05, 0.1) is 11.8 Å². The number of benzene rings is 1. The van der Waals surface area contributed by atoms with Crippen LogP contribution in [0.5, 0.6) is 0 Å². The molecule has 0 atom stereocenters. The zero-order chi connectivity index (χ0) is 16.9. The molecule has 1 N–H and O–H groups in total. The summed E-state index contributed by atoms with van der Waals surface area (Å²) in [6.45, 7) is 4.47. The van der Waals surface area contributed by atoms with Crippen LogP contribution < -0.4 is 5.43 Å². The highest BCUT2D eigenvalue weighted by Crippen LogP contribution is 2.20. The molecule has 0 unspecified atom stereocenters. The third-order valence-electron chi connectivity index (χ3n) is 3.52. The molecule has 6 heteroatoms. The van der Waals surface area contributed by atoms with E-state index in [1.807, 2.05) is 36.5 Å². The van der Waals surface area contributed by atoms with E-state index in [1.54, 1.807) is 18.3 Å². The standard InChI is InChI=1S/C18H15ClN4O/c1-2-10-23-12-13(14-6-3-4-8-16(14)23)11-21-22-18(24)15-7-5-9-20-17(15)19/h2-9,11-12H,1,10H2,(H,22,24). The molecule has 2 aromatic heterocycles. The van der Waals surface area contributed by atoms with Gasteiger partial charge < -0.3 is 4.57 Å². The van der Waals surface area contributed by atoms with Gasteiger partial charge in [-0.2, -0.15) is 5.10 Å². The summed E-state index contributed by atoms with van der Waals surface area (Å²) < 4.78 is 2.07. The number of para-hydroxylation sites is 1. The lowest BCUT2D eigenvalue weighted by Crippen LogP contribution is -2.18. The monoisotopic (exact) mass is 338 g/mol. The molecule has 0 radical (unpaired) electrons. The fourth-order valence-corrected chi connectivity index (χ4v) is 2.65. The van der Waals surface area contributed by atoms with Gasteiger partial charge in [0.15, 0.2) is 0 Å². The Bertz CT molecular complexity index is 930. The maximum atomic E-state index is 12.1. The number of fused-ring (bicyclic) bond motifs is 1. The van der Waals surface area contributed by atoms with Crippen molar-refractivity contribution in [2.24, 2.45) is 5.10 Å². The van der Waals surface area contributed by atoms with Gasteiger partial charge in [-0.05, 0) is 18.2 Å². The van der Waals surface area contributed by atoms with Crippen LogP contribution in [-0.4, -0.2) is 21.7 Å². The predicted molar refractivity (Wildman–Crippen MR) is 96.4 cm³/mol. The van der Waals surface area contributed by atoms with Crippen molar-refractivity contribution < 1.29 is 4.79 Å². The first-order chi connectivity index (χ1) is 11.7. The number of carbonyl (C=O) groups excluding carboxylic acids is 1. The van der Waals surface area contributed by atoms with E-state index >= 15 is 0 Å². The molecule has 0 saturated carbocycles. The molecule has 0 bridgehead atoms. The second kappa shape index (κ2) is 7.10. The van der Waals surface area contributed by atoms with E-state index < -0.39 is 5.91 Å². The van der Waals surface area contributed by atoms with Crippen molar-refractivity contribution in [3.8, 4) is 0 Å². The van der Waals surface area contributed by atoms with Gasteiger partial charge in [0.25, 0.3) is 5.91 Å². The second-order valence-corrected chi connectivity index (χ2v) is 5.44. The SMILES string of the molecule is C=CCn1cc(C=NNC(=O)c2cccnc2Cl)c2ccccc21. The van der Waals surface area contributed by atoms with Crippen LogP contribution in [0.1, 0.15) is 15.9 Å². The average Bonchev–Trinajstić information content (AvgIpc) is 2.94. The van der Waals surface area contributed by atoms with Gasteiger partial charge in [-0.3, -0.25) is 4.79 Å². The van der Waals surface area contributed by atoms with E-state index in [9.17, 15) is 4.79 Å². The van der Waals surface area contributed by atoms with Crippen LogP contribution in [0, 0.1) is 0 Å². The number of rotatable bonds is 5. The maximum absolute atomic E-state index is 12.1. The summed E-state index contributed by atoms with van der Waals surface area (Å²) in [5.74, 6) is -0.404. The molecule has 0 spiro atoms. The van der Waals surface area contributed by atoms with Gasteiger partial charge in [0.1, 0.15) is 5.15 Å². The third kappa shape index (κ3) is 3.21. The molecular formula is C18H15ClN4O. The first-order valence-electron chi connectivity index (χ1n) is 7.33. The first kappa shape index (κ1) is 16.0. The number of aromatic nitrogens is 2. The molecule has 0 aliphatic heterocycles. The fourth-order valence-electron chi connectivity index (χ4n) is 2.44.